The number of piperazine rings is 1. The highest BCUT2D eigenvalue weighted by Crippen LogP contribution is 2.21. The minimum absolute atomic E-state index is 0.00203. The lowest BCUT2D eigenvalue weighted by Crippen LogP contribution is -2.49. The van der Waals surface area contributed by atoms with E-state index >= 15 is 0 Å². The number of aromatic amines is 1. The summed E-state index contributed by atoms with van der Waals surface area (Å²) in [4.78, 5) is 35.0. The Labute approximate surface area is 139 Å². The zero-order valence-corrected chi connectivity index (χ0v) is 13.5. The molecule has 7 heteroatoms. The molecule has 0 saturated carbocycles. The van der Waals surface area contributed by atoms with Crippen LogP contribution in [-0.2, 0) is 11.2 Å². The molecule has 1 atom stereocenters. The van der Waals surface area contributed by atoms with E-state index in [0.29, 0.717) is 18.7 Å². The molecule has 0 bridgehead atoms. The zero-order chi connectivity index (χ0) is 17.1. The second kappa shape index (κ2) is 6.84. The molecule has 1 aromatic carbocycles. The number of carboxylic acids is 1. The van der Waals surface area contributed by atoms with Crippen LogP contribution < -0.4 is 0 Å². The summed E-state index contributed by atoms with van der Waals surface area (Å²) in [5.41, 5.74) is 0.917. The van der Waals surface area contributed by atoms with Crippen LogP contribution in [0.15, 0.2) is 36.7 Å². The highest BCUT2D eigenvalue weighted by atomic mass is 16.4. The molecular formula is C17H20N4O3. The van der Waals surface area contributed by atoms with E-state index in [1.165, 1.54) is 6.07 Å². The SMILES string of the molecule is CN1CCN(C(=O)Cc2cccc(C(=O)O)c2)CC1c1ncc[nH]1. The molecule has 3 rings (SSSR count). The van der Waals surface area contributed by atoms with Crippen molar-refractivity contribution in [2.75, 3.05) is 26.7 Å². The monoisotopic (exact) mass is 328 g/mol. The minimum Gasteiger partial charge on any atom is -0.478 e. The smallest absolute Gasteiger partial charge is 0.335 e. The van der Waals surface area contributed by atoms with Crippen LogP contribution >= 0.6 is 0 Å². The lowest BCUT2D eigenvalue weighted by atomic mass is 10.1. The number of imidazole rings is 1. The quantitative estimate of drug-likeness (QED) is 0.879. The summed E-state index contributed by atoms with van der Waals surface area (Å²) in [6, 6.07) is 6.58. The molecule has 7 nitrogen and oxygen atoms in total. The van der Waals surface area contributed by atoms with Gasteiger partial charge in [0.1, 0.15) is 5.82 Å². The van der Waals surface area contributed by atoms with Crippen LogP contribution in [0.25, 0.3) is 0 Å². The number of carbonyl (C=O) groups excluding carboxylic acids is 1. The van der Waals surface area contributed by atoms with Gasteiger partial charge >= 0.3 is 5.97 Å². The summed E-state index contributed by atoms with van der Waals surface area (Å²) in [7, 11) is 2.02. The lowest BCUT2D eigenvalue weighted by Gasteiger charge is -2.38. The molecule has 24 heavy (non-hydrogen) atoms. The number of aromatic nitrogens is 2. The number of benzene rings is 1. The van der Waals surface area contributed by atoms with E-state index in [1.807, 2.05) is 11.9 Å². The Balaban J connectivity index is 1.69. The third kappa shape index (κ3) is 3.46. The summed E-state index contributed by atoms with van der Waals surface area (Å²) in [6.07, 6.45) is 3.69. The maximum atomic E-state index is 12.6. The number of rotatable bonds is 4. The van der Waals surface area contributed by atoms with Crippen molar-refractivity contribution in [1.82, 2.24) is 19.8 Å². The molecule has 2 N–H and O–H groups in total. The lowest BCUT2D eigenvalue weighted by molar-refractivity contribution is -0.133. The van der Waals surface area contributed by atoms with Crippen molar-refractivity contribution in [3.63, 3.8) is 0 Å². The van der Waals surface area contributed by atoms with E-state index < -0.39 is 5.97 Å². The van der Waals surface area contributed by atoms with Crippen LogP contribution in [0.5, 0.6) is 0 Å². The predicted octanol–water partition coefficient (Wildman–Crippen LogP) is 1.17. The van der Waals surface area contributed by atoms with E-state index in [0.717, 1.165) is 12.4 Å². The molecule has 0 radical (unpaired) electrons. The maximum absolute atomic E-state index is 12.6. The number of carboxylic acid groups (broad SMARTS) is 1. The third-order valence-electron chi connectivity index (χ3n) is 4.37. The van der Waals surface area contributed by atoms with Crippen LogP contribution in [-0.4, -0.2) is 63.4 Å². The number of hydrogen-bond acceptors (Lipinski definition) is 4. The average Bonchev–Trinajstić information content (AvgIpc) is 3.09. The summed E-state index contributed by atoms with van der Waals surface area (Å²) < 4.78 is 0. The van der Waals surface area contributed by atoms with Gasteiger partial charge in [-0.1, -0.05) is 12.1 Å². The Morgan fingerprint density at radius 3 is 2.92 bits per heavy atom. The van der Waals surface area contributed by atoms with Crippen molar-refractivity contribution in [2.45, 2.75) is 12.5 Å². The van der Waals surface area contributed by atoms with Gasteiger partial charge in [0.2, 0.25) is 5.91 Å². The molecular weight excluding hydrogens is 308 g/mol. The molecule has 1 aliphatic heterocycles. The molecule has 0 spiro atoms. The molecule has 1 aliphatic rings. The normalized spacial score (nSPS) is 18.5. The number of hydrogen-bond donors (Lipinski definition) is 2. The molecule has 126 valence electrons. The molecule has 1 fully saturated rings. The first-order valence-electron chi connectivity index (χ1n) is 7.84. The number of aromatic carboxylic acids is 1. The van der Waals surface area contributed by atoms with Crippen molar-refractivity contribution in [1.29, 1.82) is 0 Å². The Kier molecular flexibility index (Phi) is 4.61. The fourth-order valence-electron chi connectivity index (χ4n) is 2.96. The van der Waals surface area contributed by atoms with Crippen LogP contribution in [0.2, 0.25) is 0 Å². The average molecular weight is 328 g/mol. The van der Waals surface area contributed by atoms with Gasteiger partial charge in [-0.15, -0.1) is 0 Å². The maximum Gasteiger partial charge on any atom is 0.335 e. The van der Waals surface area contributed by atoms with Gasteiger partial charge in [0.15, 0.2) is 0 Å². The summed E-state index contributed by atoms with van der Waals surface area (Å²) >= 11 is 0. The van der Waals surface area contributed by atoms with Gasteiger partial charge < -0.3 is 15.0 Å². The van der Waals surface area contributed by atoms with E-state index in [-0.39, 0.29) is 23.9 Å². The number of likely N-dealkylation sites (N-methyl/N-ethyl adjacent to an activating group) is 1. The standard InChI is InChI=1S/C17H20N4O3/c1-20-7-8-21(11-14(20)16-18-5-6-19-16)15(22)10-12-3-2-4-13(9-12)17(23)24/h2-6,9,14H,7-8,10-11H2,1H3,(H,18,19)(H,23,24). The molecule has 1 saturated heterocycles. The highest BCUT2D eigenvalue weighted by molar-refractivity contribution is 5.88. The van der Waals surface area contributed by atoms with Crippen molar-refractivity contribution in [3.05, 3.63) is 53.6 Å². The van der Waals surface area contributed by atoms with Crippen molar-refractivity contribution >= 4 is 11.9 Å². The van der Waals surface area contributed by atoms with Gasteiger partial charge in [-0.2, -0.15) is 0 Å². The predicted molar refractivity (Wildman–Crippen MR) is 87.6 cm³/mol. The van der Waals surface area contributed by atoms with Crippen LogP contribution in [0.4, 0.5) is 0 Å². The van der Waals surface area contributed by atoms with Gasteiger partial charge in [0.05, 0.1) is 18.0 Å². The first kappa shape index (κ1) is 16.2. The molecule has 1 aromatic heterocycles. The summed E-state index contributed by atoms with van der Waals surface area (Å²) in [5.74, 6) is -0.133. The van der Waals surface area contributed by atoms with E-state index in [2.05, 4.69) is 14.9 Å². The van der Waals surface area contributed by atoms with E-state index in [4.69, 9.17) is 5.11 Å². The number of nitrogens with one attached hydrogen (secondary N) is 1. The van der Waals surface area contributed by atoms with Crippen molar-refractivity contribution in [2.24, 2.45) is 0 Å². The fourth-order valence-corrected chi connectivity index (χ4v) is 2.96. The van der Waals surface area contributed by atoms with Gasteiger partial charge in [0, 0.05) is 32.0 Å². The minimum atomic E-state index is -0.984. The first-order valence-corrected chi connectivity index (χ1v) is 7.84. The Morgan fingerprint density at radius 1 is 1.38 bits per heavy atom. The molecule has 1 unspecified atom stereocenters. The number of nitrogens with zero attached hydrogens (tertiary/aromatic N) is 3. The Morgan fingerprint density at radius 2 is 2.21 bits per heavy atom. The zero-order valence-electron chi connectivity index (χ0n) is 13.5. The number of amides is 1. The Hall–Kier alpha value is -2.67. The molecule has 2 aromatic rings. The fraction of sp³-hybridized carbons (Fsp3) is 0.353. The number of H-pyrrole nitrogens is 1. The highest BCUT2D eigenvalue weighted by Gasteiger charge is 2.29. The van der Waals surface area contributed by atoms with Crippen LogP contribution in [0, 0.1) is 0 Å². The van der Waals surface area contributed by atoms with Gasteiger partial charge in [-0.05, 0) is 24.7 Å². The second-order valence-electron chi connectivity index (χ2n) is 5.99. The second-order valence-corrected chi connectivity index (χ2v) is 5.99. The Bertz CT molecular complexity index is 729. The summed E-state index contributed by atoms with van der Waals surface area (Å²) in [5, 5.41) is 9.05. The van der Waals surface area contributed by atoms with Crippen molar-refractivity contribution < 1.29 is 14.7 Å². The van der Waals surface area contributed by atoms with E-state index in [1.54, 1.807) is 30.6 Å². The summed E-state index contributed by atoms with van der Waals surface area (Å²) in [6.45, 7) is 2.00. The number of carbonyl (C=O) groups is 2. The van der Waals surface area contributed by atoms with Crippen molar-refractivity contribution in [3.8, 4) is 0 Å². The van der Waals surface area contributed by atoms with Gasteiger partial charge in [-0.25, -0.2) is 9.78 Å². The molecule has 1 amide bonds. The van der Waals surface area contributed by atoms with Crippen LogP contribution in [0.1, 0.15) is 27.8 Å². The van der Waals surface area contributed by atoms with Gasteiger partial charge in [-0.3, -0.25) is 9.69 Å². The van der Waals surface area contributed by atoms with E-state index in [9.17, 15) is 9.59 Å². The topological polar surface area (TPSA) is 89.5 Å². The largest absolute Gasteiger partial charge is 0.478 e. The first-order chi connectivity index (χ1) is 11.5. The molecule has 2 heterocycles. The third-order valence-corrected chi connectivity index (χ3v) is 4.37. The molecule has 0 aliphatic carbocycles. The van der Waals surface area contributed by atoms with Crippen LogP contribution in [0.3, 0.4) is 0 Å². The van der Waals surface area contributed by atoms with Gasteiger partial charge in [0.25, 0.3) is 0 Å².